The van der Waals surface area contributed by atoms with Crippen LogP contribution in [-0.2, 0) is 13.1 Å². The quantitative estimate of drug-likeness (QED) is 0.692. The number of benzene rings is 2. The van der Waals surface area contributed by atoms with Crippen LogP contribution in [0.3, 0.4) is 0 Å². The lowest BCUT2D eigenvalue weighted by molar-refractivity contribution is 0.0946. The fourth-order valence-corrected chi connectivity index (χ4v) is 2.57. The van der Waals surface area contributed by atoms with Gasteiger partial charge in [0.05, 0.1) is 0 Å². The zero-order valence-corrected chi connectivity index (χ0v) is 15.1. The number of halogens is 1. The lowest BCUT2D eigenvalue weighted by atomic mass is 10.1. The van der Waals surface area contributed by atoms with Crippen molar-refractivity contribution in [2.75, 3.05) is 5.32 Å². The van der Waals surface area contributed by atoms with Gasteiger partial charge in [-0.2, -0.15) is 0 Å². The molecule has 0 aliphatic carbocycles. The van der Waals surface area contributed by atoms with Gasteiger partial charge in [-0.05, 0) is 30.2 Å². The Labute approximate surface area is 157 Å². The fraction of sp³-hybridized carbons (Fsp3) is 0.150. The third-order valence-electron chi connectivity index (χ3n) is 3.86. The average molecular weight is 367 g/mol. The minimum absolute atomic E-state index is 0.242. The first-order valence-electron chi connectivity index (χ1n) is 8.26. The molecular formula is C20H19ClN4O. The van der Waals surface area contributed by atoms with Crippen molar-refractivity contribution in [1.82, 2.24) is 15.3 Å². The Hall–Kier alpha value is -2.92. The first-order valence-corrected chi connectivity index (χ1v) is 8.64. The molecule has 132 valence electrons. The SMILES string of the molecule is Cc1ccc(CNC(=O)c2ccnc(NCc3ccccc3Cl)n2)cc1. The maximum atomic E-state index is 12.3. The van der Waals surface area contributed by atoms with Gasteiger partial charge in [-0.1, -0.05) is 59.6 Å². The summed E-state index contributed by atoms with van der Waals surface area (Å²) in [6.45, 7) is 2.96. The van der Waals surface area contributed by atoms with E-state index in [9.17, 15) is 4.79 Å². The van der Waals surface area contributed by atoms with Gasteiger partial charge in [-0.15, -0.1) is 0 Å². The minimum atomic E-state index is -0.242. The van der Waals surface area contributed by atoms with Gasteiger partial charge in [-0.25, -0.2) is 9.97 Å². The number of rotatable bonds is 6. The number of aryl methyl sites for hydroxylation is 1. The van der Waals surface area contributed by atoms with Crippen molar-refractivity contribution in [2.24, 2.45) is 0 Å². The molecule has 0 fully saturated rings. The van der Waals surface area contributed by atoms with Crippen LogP contribution in [0.5, 0.6) is 0 Å². The molecular weight excluding hydrogens is 348 g/mol. The largest absolute Gasteiger partial charge is 0.350 e. The molecule has 6 heteroatoms. The van der Waals surface area contributed by atoms with Crippen LogP contribution in [0.15, 0.2) is 60.8 Å². The van der Waals surface area contributed by atoms with Gasteiger partial charge < -0.3 is 10.6 Å². The second kappa shape index (κ2) is 8.45. The Kier molecular flexibility index (Phi) is 5.81. The molecule has 1 heterocycles. The highest BCUT2D eigenvalue weighted by Gasteiger charge is 2.09. The number of nitrogens with zero attached hydrogens (tertiary/aromatic N) is 2. The van der Waals surface area contributed by atoms with E-state index in [4.69, 9.17) is 11.6 Å². The first-order chi connectivity index (χ1) is 12.6. The summed E-state index contributed by atoms with van der Waals surface area (Å²) in [4.78, 5) is 20.7. The molecule has 0 saturated heterocycles. The maximum absolute atomic E-state index is 12.3. The molecule has 0 bridgehead atoms. The summed E-state index contributed by atoms with van der Waals surface area (Å²) in [7, 11) is 0. The molecule has 3 aromatic rings. The standard InChI is InChI=1S/C20H19ClN4O/c1-14-6-8-15(9-7-14)12-23-19(26)18-10-11-22-20(25-18)24-13-16-4-2-3-5-17(16)21/h2-11H,12-13H2,1H3,(H,23,26)(H,22,24,25). The van der Waals surface area contributed by atoms with Crippen LogP contribution in [0.25, 0.3) is 0 Å². The predicted octanol–water partition coefficient (Wildman–Crippen LogP) is 3.98. The van der Waals surface area contributed by atoms with Gasteiger partial charge >= 0.3 is 0 Å². The van der Waals surface area contributed by atoms with Crippen LogP contribution in [0.1, 0.15) is 27.2 Å². The van der Waals surface area contributed by atoms with Crippen molar-refractivity contribution in [3.8, 4) is 0 Å². The van der Waals surface area contributed by atoms with Crippen LogP contribution >= 0.6 is 11.6 Å². The fourth-order valence-electron chi connectivity index (χ4n) is 2.37. The highest BCUT2D eigenvalue weighted by Crippen LogP contribution is 2.15. The number of anilines is 1. The Bertz CT molecular complexity index is 896. The molecule has 0 aliphatic rings. The summed E-state index contributed by atoms with van der Waals surface area (Å²) in [6, 6.07) is 17.2. The average Bonchev–Trinajstić information content (AvgIpc) is 2.67. The Morgan fingerprint density at radius 1 is 1.04 bits per heavy atom. The molecule has 0 saturated carbocycles. The Balaban J connectivity index is 1.60. The normalized spacial score (nSPS) is 10.4. The van der Waals surface area contributed by atoms with Gasteiger partial charge in [-0.3, -0.25) is 4.79 Å². The van der Waals surface area contributed by atoms with Crippen molar-refractivity contribution < 1.29 is 4.79 Å². The summed E-state index contributed by atoms with van der Waals surface area (Å²) in [5.41, 5.74) is 3.47. The van der Waals surface area contributed by atoms with Crippen LogP contribution in [0, 0.1) is 6.92 Å². The lowest BCUT2D eigenvalue weighted by Gasteiger charge is -2.08. The highest BCUT2D eigenvalue weighted by molar-refractivity contribution is 6.31. The summed E-state index contributed by atoms with van der Waals surface area (Å²) in [6.07, 6.45) is 1.56. The summed E-state index contributed by atoms with van der Waals surface area (Å²) >= 11 is 6.14. The van der Waals surface area contributed by atoms with E-state index < -0.39 is 0 Å². The molecule has 2 aromatic carbocycles. The molecule has 0 spiro atoms. The van der Waals surface area contributed by atoms with Gasteiger partial charge in [0.15, 0.2) is 0 Å². The first kappa shape index (κ1) is 17.9. The minimum Gasteiger partial charge on any atom is -0.350 e. The third kappa shape index (κ3) is 4.80. The Morgan fingerprint density at radius 2 is 1.81 bits per heavy atom. The number of nitrogens with one attached hydrogen (secondary N) is 2. The third-order valence-corrected chi connectivity index (χ3v) is 4.23. The van der Waals surface area contributed by atoms with E-state index >= 15 is 0 Å². The van der Waals surface area contributed by atoms with Gasteiger partial charge in [0.25, 0.3) is 5.91 Å². The zero-order valence-electron chi connectivity index (χ0n) is 14.4. The monoisotopic (exact) mass is 366 g/mol. The van der Waals surface area contributed by atoms with E-state index in [1.165, 1.54) is 5.56 Å². The van der Waals surface area contributed by atoms with Gasteiger partial charge in [0.2, 0.25) is 5.95 Å². The van der Waals surface area contributed by atoms with E-state index in [-0.39, 0.29) is 5.91 Å². The molecule has 0 unspecified atom stereocenters. The van der Waals surface area contributed by atoms with Crippen LogP contribution in [-0.4, -0.2) is 15.9 Å². The number of aromatic nitrogens is 2. The van der Waals surface area contributed by atoms with Gasteiger partial charge in [0.1, 0.15) is 5.69 Å². The van der Waals surface area contributed by atoms with E-state index in [2.05, 4.69) is 20.6 Å². The number of carbonyl (C=O) groups is 1. The van der Waals surface area contributed by atoms with Gasteiger partial charge in [0, 0.05) is 24.3 Å². The number of hydrogen-bond donors (Lipinski definition) is 2. The zero-order chi connectivity index (χ0) is 18.4. The van der Waals surface area contributed by atoms with Crippen LogP contribution in [0.4, 0.5) is 5.95 Å². The molecule has 3 rings (SSSR count). The Morgan fingerprint density at radius 3 is 2.58 bits per heavy atom. The molecule has 2 N–H and O–H groups in total. The molecule has 0 aliphatic heterocycles. The topological polar surface area (TPSA) is 66.9 Å². The van der Waals surface area contributed by atoms with Crippen molar-refractivity contribution in [3.63, 3.8) is 0 Å². The smallest absolute Gasteiger partial charge is 0.270 e. The molecule has 0 atom stereocenters. The highest BCUT2D eigenvalue weighted by atomic mass is 35.5. The molecule has 26 heavy (non-hydrogen) atoms. The van der Waals surface area contributed by atoms with E-state index in [0.717, 1.165) is 11.1 Å². The van der Waals surface area contributed by atoms with Crippen molar-refractivity contribution >= 4 is 23.5 Å². The molecule has 5 nitrogen and oxygen atoms in total. The molecule has 1 aromatic heterocycles. The lowest BCUT2D eigenvalue weighted by Crippen LogP contribution is -2.24. The molecule has 0 radical (unpaired) electrons. The maximum Gasteiger partial charge on any atom is 0.270 e. The number of hydrogen-bond acceptors (Lipinski definition) is 4. The van der Waals surface area contributed by atoms with Crippen LogP contribution < -0.4 is 10.6 Å². The van der Waals surface area contributed by atoms with Crippen molar-refractivity contribution in [3.05, 3.63) is 88.2 Å². The van der Waals surface area contributed by atoms with E-state index in [1.807, 2.05) is 55.5 Å². The summed E-state index contributed by atoms with van der Waals surface area (Å²) < 4.78 is 0. The van der Waals surface area contributed by atoms with Crippen molar-refractivity contribution in [1.29, 1.82) is 0 Å². The van der Waals surface area contributed by atoms with Crippen LogP contribution in [0.2, 0.25) is 5.02 Å². The second-order valence-corrected chi connectivity index (χ2v) is 6.29. The van der Waals surface area contributed by atoms with E-state index in [1.54, 1.807) is 12.3 Å². The number of amides is 1. The number of carbonyl (C=O) groups excluding carboxylic acids is 1. The van der Waals surface area contributed by atoms with Crippen molar-refractivity contribution in [2.45, 2.75) is 20.0 Å². The second-order valence-electron chi connectivity index (χ2n) is 5.88. The molecule has 1 amide bonds. The summed E-state index contributed by atoms with van der Waals surface area (Å²) in [5.74, 6) is 0.140. The van der Waals surface area contributed by atoms with E-state index in [0.29, 0.717) is 29.8 Å². The summed E-state index contributed by atoms with van der Waals surface area (Å²) in [5, 5.41) is 6.63. The predicted molar refractivity (Wildman–Crippen MR) is 103 cm³/mol.